The van der Waals surface area contributed by atoms with Gasteiger partial charge in [0, 0.05) is 24.5 Å². The molecule has 0 radical (unpaired) electrons. The Morgan fingerprint density at radius 2 is 2.10 bits per heavy atom. The molecule has 4 nitrogen and oxygen atoms in total. The van der Waals surface area contributed by atoms with Crippen LogP contribution in [0.4, 0.5) is 0 Å². The summed E-state index contributed by atoms with van der Waals surface area (Å²) in [5, 5.41) is 9.65. The molecule has 1 aliphatic rings. The smallest absolute Gasteiger partial charge is 0.303 e. The van der Waals surface area contributed by atoms with Crippen LogP contribution in [0.3, 0.4) is 0 Å². The average molecular weight is 316 g/mol. The summed E-state index contributed by atoms with van der Waals surface area (Å²) in [6, 6.07) is 4.77. The van der Waals surface area contributed by atoms with Crippen LogP contribution in [-0.4, -0.2) is 35.0 Å². The van der Waals surface area contributed by atoms with Crippen LogP contribution in [0.25, 0.3) is 0 Å². The molecule has 1 atom stereocenters. The lowest BCUT2D eigenvalue weighted by molar-refractivity contribution is -0.138. The summed E-state index contributed by atoms with van der Waals surface area (Å²) in [4.78, 5) is 24.9. The summed E-state index contributed by atoms with van der Waals surface area (Å²) in [6.45, 7) is 1.10. The zero-order valence-electron chi connectivity index (χ0n) is 10.8. The summed E-state index contributed by atoms with van der Waals surface area (Å²) in [5.41, 5.74) is 0.409. The number of nitrogens with zero attached hydrogens (tertiary/aromatic N) is 1. The second-order valence-corrected chi connectivity index (χ2v) is 5.83. The maximum absolute atomic E-state index is 12.4. The third-order valence-electron chi connectivity index (χ3n) is 3.43. The standard InChI is InChI=1S/C14H15Cl2NO3/c15-10-3-4-11(12(16)7-10)14(20)17-5-1-2-9(8-17)6-13(18)19/h3-4,7,9H,1-2,5-6,8H2,(H,18,19). The molecule has 108 valence electrons. The Labute approximate surface area is 127 Å². The molecule has 1 aromatic carbocycles. The summed E-state index contributed by atoms with van der Waals surface area (Å²) >= 11 is 11.9. The van der Waals surface area contributed by atoms with Gasteiger partial charge in [-0.05, 0) is 37.0 Å². The van der Waals surface area contributed by atoms with E-state index in [0.29, 0.717) is 28.7 Å². The van der Waals surface area contributed by atoms with Crippen LogP contribution >= 0.6 is 23.2 Å². The van der Waals surface area contributed by atoms with Gasteiger partial charge in [-0.2, -0.15) is 0 Å². The molecular weight excluding hydrogens is 301 g/mol. The molecule has 1 fully saturated rings. The van der Waals surface area contributed by atoms with Gasteiger partial charge in [0.1, 0.15) is 0 Å². The molecule has 20 heavy (non-hydrogen) atoms. The molecular formula is C14H15Cl2NO3. The molecule has 1 unspecified atom stereocenters. The van der Waals surface area contributed by atoms with Gasteiger partial charge in [0.25, 0.3) is 5.91 Å². The van der Waals surface area contributed by atoms with E-state index in [9.17, 15) is 9.59 Å². The van der Waals surface area contributed by atoms with Gasteiger partial charge in [0.15, 0.2) is 0 Å². The van der Waals surface area contributed by atoms with E-state index in [-0.39, 0.29) is 18.2 Å². The van der Waals surface area contributed by atoms with Crippen LogP contribution in [0.2, 0.25) is 10.0 Å². The fourth-order valence-corrected chi connectivity index (χ4v) is 2.99. The number of carbonyl (C=O) groups excluding carboxylic acids is 1. The predicted octanol–water partition coefficient (Wildman–Crippen LogP) is 3.32. The maximum Gasteiger partial charge on any atom is 0.303 e. The number of amides is 1. The van der Waals surface area contributed by atoms with Crippen molar-refractivity contribution in [3.05, 3.63) is 33.8 Å². The molecule has 0 aromatic heterocycles. The van der Waals surface area contributed by atoms with Crippen LogP contribution < -0.4 is 0 Å². The Kier molecular flexibility index (Phi) is 4.89. The third-order valence-corrected chi connectivity index (χ3v) is 3.98. The van der Waals surface area contributed by atoms with Crippen molar-refractivity contribution in [3.63, 3.8) is 0 Å². The van der Waals surface area contributed by atoms with Crippen molar-refractivity contribution in [2.45, 2.75) is 19.3 Å². The number of rotatable bonds is 3. The van der Waals surface area contributed by atoms with Crippen molar-refractivity contribution in [3.8, 4) is 0 Å². The predicted molar refractivity (Wildman–Crippen MR) is 77.3 cm³/mol. The Morgan fingerprint density at radius 1 is 1.35 bits per heavy atom. The van der Waals surface area contributed by atoms with Gasteiger partial charge in [-0.15, -0.1) is 0 Å². The molecule has 2 rings (SSSR count). The number of carboxylic acids is 1. The van der Waals surface area contributed by atoms with E-state index in [1.807, 2.05) is 0 Å². The summed E-state index contributed by atoms with van der Waals surface area (Å²) in [5.74, 6) is -0.980. The van der Waals surface area contributed by atoms with Crippen LogP contribution in [0.15, 0.2) is 18.2 Å². The first-order valence-corrected chi connectivity index (χ1v) is 7.19. The van der Waals surface area contributed by atoms with Crippen molar-refractivity contribution in [2.75, 3.05) is 13.1 Å². The SMILES string of the molecule is O=C(O)CC1CCCN(C(=O)c2ccc(Cl)cc2Cl)C1. The zero-order chi connectivity index (χ0) is 14.7. The molecule has 1 saturated heterocycles. The number of halogens is 2. The van der Waals surface area contributed by atoms with Gasteiger partial charge < -0.3 is 10.0 Å². The van der Waals surface area contributed by atoms with Gasteiger partial charge >= 0.3 is 5.97 Å². The van der Waals surface area contributed by atoms with Crippen molar-refractivity contribution in [1.82, 2.24) is 4.90 Å². The Morgan fingerprint density at radius 3 is 2.75 bits per heavy atom. The van der Waals surface area contributed by atoms with E-state index < -0.39 is 5.97 Å². The lowest BCUT2D eigenvalue weighted by Gasteiger charge is -2.32. The maximum atomic E-state index is 12.4. The highest BCUT2D eigenvalue weighted by molar-refractivity contribution is 6.36. The zero-order valence-corrected chi connectivity index (χ0v) is 12.3. The third kappa shape index (κ3) is 3.64. The fraction of sp³-hybridized carbons (Fsp3) is 0.429. The van der Waals surface area contributed by atoms with Crippen LogP contribution in [-0.2, 0) is 4.79 Å². The lowest BCUT2D eigenvalue weighted by Crippen LogP contribution is -2.40. The molecule has 1 aliphatic heterocycles. The molecule has 0 saturated carbocycles. The number of hydrogen-bond donors (Lipinski definition) is 1. The van der Waals surface area contributed by atoms with Crippen LogP contribution in [0.5, 0.6) is 0 Å². The summed E-state index contributed by atoms with van der Waals surface area (Å²) in [6.07, 6.45) is 1.75. The molecule has 0 spiro atoms. The molecule has 0 bridgehead atoms. The van der Waals surface area contributed by atoms with E-state index in [4.69, 9.17) is 28.3 Å². The summed E-state index contributed by atoms with van der Waals surface area (Å²) < 4.78 is 0. The first-order chi connectivity index (χ1) is 9.47. The highest BCUT2D eigenvalue weighted by atomic mass is 35.5. The number of aliphatic carboxylic acids is 1. The van der Waals surface area contributed by atoms with Crippen LogP contribution in [0.1, 0.15) is 29.6 Å². The second-order valence-electron chi connectivity index (χ2n) is 4.98. The summed E-state index contributed by atoms with van der Waals surface area (Å²) in [7, 11) is 0. The number of hydrogen-bond acceptors (Lipinski definition) is 2. The lowest BCUT2D eigenvalue weighted by atomic mass is 9.94. The van der Waals surface area contributed by atoms with E-state index in [1.54, 1.807) is 17.0 Å². The first-order valence-electron chi connectivity index (χ1n) is 6.43. The van der Waals surface area contributed by atoms with Crippen molar-refractivity contribution in [2.24, 2.45) is 5.92 Å². The minimum atomic E-state index is -0.825. The highest BCUT2D eigenvalue weighted by Crippen LogP contribution is 2.25. The minimum Gasteiger partial charge on any atom is -0.481 e. The minimum absolute atomic E-state index is 0.0104. The Bertz CT molecular complexity index is 533. The van der Waals surface area contributed by atoms with Crippen LogP contribution in [0, 0.1) is 5.92 Å². The Hall–Kier alpha value is -1.26. The molecule has 1 N–H and O–H groups in total. The highest BCUT2D eigenvalue weighted by Gasteiger charge is 2.26. The van der Waals surface area contributed by atoms with E-state index in [2.05, 4.69) is 0 Å². The quantitative estimate of drug-likeness (QED) is 0.930. The van der Waals surface area contributed by atoms with Gasteiger partial charge in [-0.3, -0.25) is 9.59 Å². The van der Waals surface area contributed by atoms with E-state index in [0.717, 1.165) is 12.8 Å². The first kappa shape index (κ1) is 15.1. The molecule has 0 aliphatic carbocycles. The molecule has 1 heterocycles. The monoisotopic (exact) mass is 315 g/mol. The fourth-order valence-electron chi connectivity index (χ4n) is 2.50. The number of likely N-dealkylation sites (tertiary alicyclic amines) is 1. The molecule has 6 heteroatoms. The normalized spacial score (nSPS) is 18.9. The topological polar surface area (TPSA) is 57.6 Å². The number of carbonyl (C=O) groups is 2. The van der Waals surface area contributed by atoms with Gasteiger partial charge in [0.05, 0.1) is 10.6 Å². The largest absolute Gasteiger partial charge is 0.481 e. The van der Waals surface area contributed by atoms with E-state index in [1.165, 1.54) is 6.07 Å². The molecule has 1 amide bonds. The Balaban J connectivity index is 2.10. The van der Waals surface area contributed by atoms with E-state index >= 15 is 0 Å². The van der Waals surface area contributed by atoms with Gasteiger partial charge in [0.2, 0.25) is 0 Å². The van der Waals surface area contributed by atoms with Crippen molar-refractivity contribution < 1.29 is 14.7 Å². The van der Waals surface area contributed by atoms with Gasteiger partial charge in [-0.25, -0.2) is 0 Å². The average Bonchev–Trinajstić information content (AvgIpc) is 2.37. The van der Waals surface area contributed by atoms with Crippen molar-refractivity contribution in [1.29, 1.82) is 0 Å². The number of piperidine rings is 1. The molecule has 1 aromatic rings. The van der Waals surface area contributed by atoms with Crippen molar-refractivity contribution >= 4 is 35.1 Å². The number of carboxylic acid groups (broad SMARTS) is 1. The number of benzene rings is 1. The second kappa shape index (κ2) is 6.46. The van der Waals surface area contributed by atoms with Gasteiger partial charge in [-0.1, -0.05) is 23.2 Å².